The predicted molar refractivity (Wildman–Crippen MR) is 90.9 cm³/mol. The van der Waals surface area contributed by atoms with Crippen molar-refractivity contribution in [3.8, 4) is 12.3 Å². The molecule has 0 saturated heterocycles. The highest BCUT2D eigenvalue weighted by Gasteiger charge is 2.16. The van der Waals surface area contributed by atoms with Gasteiger partial charge in [0.15, 0.2) is 9.84 Å². The molecule has 2 aromatic rings. The van der Waals surface area contributed by atoms with Crippen molar-refractivity contribution in [2.24, 2.45) is 0 Å². The van der Waals surface area contributed by atoms with Gasteiger partial charge in [0, 0.05) is 17.7 Å². The third-order valence-corrected chi connectivity index (χ3v) is 5.02. The number of aryl methyl sites for hydroxylation is 1. The average Bonchev–Trinajstić information content (AvgIpc) is 2.54. The quantitative estimate of drug-likeness (QED) is 0.859. The zero-order chi connectivity index (χ0) is 16.9. The number of nitrogens with one attached hydrogen (secondary N) is 1. The number of terminal acetylenes is 1. The minimum absolute atomic E-state index is 0.115. The maximum Gasteiger partial charge on any atom is 0.225 e. The number of sulfone groups is 1. The Morgan fingerprint density at radius 2 is 1.87 bits per heavy atom. The molecule has 0 aromatic heterocycles. The summed E-state index contributed by atoms with van der Waals surface area (Å²) >= 11 is 0. The van der Waals surface area contributed by atoms with Gasteiger partial charge in [0.05, 0.1) is 10.6 Å². The highest BCUT2D eigenvalue weighted by atomic mass is 32.2. The molecule has 0 aliphatic carbocycles. The predicted octanol–water partition coefficient (Wildman–Crippen LogP) is 2.78. The molecule has 2 aromatic carbocycles. The summed E-state index contributed by atoms with van der Waals surface area (Å²) in [6, 6.07) is 13.4. The van der Waals surface area contributed by atoms with Crippen LogP contribution in [0.25, 0.3) is 0 Å². The van der Waals surface area contributed by atoms with Crippen molar-refractivity contribution in [2.45, 2.75) is 18.2 Å². The summed E-state index contributed by atoms with van der Waals surface area (Å²) < 4.78 is 24.4. The van der Waals surface area contributed by atoms with Gasteiger partial charge in [-0.2, -0.15) is 0 Å². The van der Waals surface area contributed by atoms with Gasteiger partial charge in [-0.3, -0.25) is 4.79 Å². The number of benzene rings is 2. The third-order valence-electron chi connectivity index (χ3n) is 3.29. The lowest BCUT2D eigenvalue weighted by atomic mass is 10.2. The van der Waals surface area contributed by atoms with E-state index in [2.05, 4.69) is 11.2 Å². The topological polar surface area (TPSA) is 63.2 Å². The van der Waals surface area contributed by atoms with Crippen LogP contribution in [0.15, 0.2) is 53.4 Å². The molecule has 0 saturated carbocycles. The molecule has 118 valence electrons. The second kappa shape index (κ2) is 7.12. The highest BCUT2D eigenvalue weighted by molar-refractivity contribution is 7.91. The molecular weight excluding hydrogens is 310 g/mol. The van der Waals surface area contributed by atoms with E-state index in [1.807, 2.05) is 6.92 Å². The van der Waals surface area contributed by atoms with E-state index in [4.69, 9.17) is 6.42 Å². The number of hydrogen-bond donors (Lipinski definition) is 1. The van der Waals surface area contributed by atoms with Crippen LogP contribution in [-0.2, 0) is 14.6 Å². The first-order chi connectivity index (χ1) is 10.9. The lowest BCUT2D eigenvalue weighted by Gasteiger charge is -2.07. The van der Waals surface area contributed by atoms with Crippen LogP contribution in [-0.4, -0.2) is 20.1 Å². The molecule has 1 N–H and O–H groups in total. The monoisotopic (exact) mass is 327 g/mol. The Labute approximate surface area is 136 Å². The molecule has 23 heavy (non-hydrogen) atoms. The first-order valence-corrected chi connectivity index (χ1v) is 8.72. The Kier molecular flexibility index (Phi) is 5.20. The molecule has 0 atom stereocenters. The van der Waals surface area contributed by atoms with Crippen LogP contribution in [0, 0.1) is 19.3 Å². The van der Waals surface area contributed by atoms with E-state index in [-0.39, 0.29) is 23.0 Å². The highest BCUT2D eigenvalue weighted by Crippen LogP contribution is 2.14. The smallest absolute Gasteiger partial charge is 0.225 e. The number of anilines is 1. The van der Waals surface area contributed by atoms with E-state index in [1.54, 1.807) is 48.5 Å². The van der Waals surface area contributed by atoms with Crippen LogP contribution in [0.3, 0.4) is 0 Å². The zero-order valence-electron chi connectivity index (χ0n) is 12.7. The Morgan fingerprint density at radius 3 is 2.52 bits per heavy atom. The standard InChI is InChI=1S/C18H17NO3S/c1-3-15-5-4-6-16(13-15)19-18(20)11-12-23(21,22)17-9-7-14(2)8-10-17/h1,4-10,13H,11-12H2,2H3,(H,19,20). The molecule has 0 spiro atoms. The second-order valence-corrected chi connectivity index (χ2v) is 7.26. The molecule has 0 fully saturated rings. The zero-order valence-corrected chi connectivity index (χ0v) is 13.6. The van der Waals surface area contributed by atoms with E-state index < -0.39 is 9.84 Å². The van der Waals surface area contributed by atoms with Gasteiger partial charge in [-0.1, -0.05) is 29.7 Å². The maximum atomic E-state index is 12.2. The van der Waals surface area contributed by atoms with E-state index in [1.165, 1.54) is 0 Å². The summed E-state index contributed by atoms with van der Waals surface area (Å²) in [5.41, 5.74) is 2.18. The summed E-state index contributed by atoms with van der Waals surface area (Å²) in [7, 11) is -3.47. The average molecular weight is 327 g/mol. The molecule has 0 unspecified atom stereocenters. The summed E-state index contributed by atoms with van der Waals surface area (Å²) in [4.78, 5) is 12.1. The number of rotatable bonds is 5. The molecule has 0 bridgehead atoms. The Balaban J connectivity index is 1.98. The Morgan fingerprint density at radius 1 is 1.17 bits per heavy atom. The van der Waals surface area contributed by atoms with Gasteiger partial charge >= 0.3 is 0 Å². The van der Waals surface area contributed by atoms with Crippen molar-refractivity contribution in [3.05, 3.63) is 59.7 Å². The van der Waals surface area contributed by atoms with E-state index in [0.717, 1.165) is 5.56 Å². The lowest BCUT2D eigenvalue weighted by Crippen LogP contribution is -2.17. The fourth-order valence-corrected chi connectivity index (χ4v) is 3.24. The number of carbonyl (C=O) groups excluding carboxylic acids is 1. The number of hydrogen-bond acceptors (Lipinski definition) is 3. The molecule has 0 aliphatic rings. The van der Waals surface area contributed by atoms with Crippen LogP contribution < -0.4 is 5.32 Å². The van der Waals surface area contributed by atoms with Gasteiger partial charge in [-0.25, -0.2) is 8.42 Å². The second-order valence-electron chi connectivity index (χ2n) is 5.16. The summed E-state index contributed by atoms with van der Waals surface area (Å²) in [5.74, 6) is 1.87. The minimum Gasteiger partial charge on any atom is -0.326 e. The maximum absolute atomic E-state index is 12.2. The fraction of sp³-hybridized carbons (Fsp3) is 0.167. The van der Waals surface area contributed by atoms with Crippen LogP contribution >= 0.6 is 0 Å². The van der Waals surface area contributed by atoms with Crippen molar-refractivity contribution in [2.75, 3.05) is 11.1 Å². The molecule has 4 nitrogen and oxygen atoms in total. The van der Waals surface area contributed by atoms with Crippen LogP contribution in [0.5, 0.6) is 0 Å². The first kappa shape index (κ1) is 16.8. The third kappa shape index (κ3) is 4.70. The number of amides is 1. The van der Waals surface area contributed by atoms with Gasteiger partial charge < -0.3 is 5.32 Å². The normalized spacial score (nSPS) is 10.8. The minimum atomic E-state index is -3.47. The summed E-state index contributed by atoms with van der Waals surface area (Å²) in [6.07, 6.45) is 5.18. The van der Waals surface area contributed by atoms with Crippen LogP contribution in [0.4, 0.5) is 5.69 Å². The van der Waals surface area contributed by atoms with Crippen molar-refractivity contribution < 1.29 is 13.2 Å². The van der Waals surface area contributed by atoms with Gasteiger partial charge in [0.25, 0.3) is 0 Å². The van der Waals surface area contributed by atoms with Gasteiger partial charge in [-0.15, -0.1) is 6.42 Å². The summed E-state index contributed by atoms with van der Waals surface area (Å²) in [5, 5.41) is 2.65. The van der Waals surface area contributed by atoms with Crippen LogP contribution in [0.1, 0.15) is 17.5 Å². The molecule has 0 heterocycles. The van der Waals surface area contributed by atoms with Crippen molar-refractivity contribution in [3.63, 3.8) is 0 Å². The van der Waals surface area contributed by atoms with Gasteiger partial charge in [-0.05, 0) is 37.3 Å². The molecule has 0 radical (unpaired) electrons. The molecule has 1 amide bonds. The van der Waals surface area contributed by atoms with Crippen molar-refractivity contribution in [1.29, 1.82) is 0 Å². The van der Waals surface area contributed by atoms with E-state index >= 15 is 0 Å². The molecular formula is C18H17NO3S. The van der Waals surface area contributed by atoms with Crippen molar-refractivity contribution >= 4 is 21.4 Å². The Bertz CT molecular complexity index is 847. The number of carbonyl (C=O) groups is 1. The lowest BCUT2D eigenvalue weighted by molar-refractivity contribution is -0.115. The molecule has 5 heteroatoms. The Hall–Kier alpha value is -2.58. The fourth-order valence-electron chi connectivity index (χ4n) is 2.00. The first-order valence-electron chi connectivity index (χ1n) is 7.07. The molecule has 2 rings (SSSR count). The van der Waals surface area contributed by atoms with E-state index in [0.29, 0.717) is 11.3 Å². The summed E-state index contributed by atoms with van der Waals surface area (Å²) in [6.45, 7) is 1.88. The SMILES string of the molecule is C#Cc1cccc(NC(=O)CCS(=O)(=O)c2ccc(C)cc2)c1. The largest absolute Gasteiger partial charge is 0.326 e. The van der Waals surface area contributed by atoms with Crippen LogP contribution in [0.2, 0.25) is 0 Å². The van der Waals surface area contributed by atoms with E-state index in [9.17, 15) is 13.2 Å². The van der Waals surface area contributed by atoms with Gasteiger partial charge in [0.1, 0.15) is 0 Å². The van der Waals surface area contributed by atoms with Gasteiger partial charge in [0.2, 0.25) is 5.91 Å². The van der Waals surface area contributed by atoms with Crippen molar-refractivity contribution in [1.82, 2.24) is 0 Å². The molecule has 0 aliphatic heterocycles.